The number of carbonyl (C=O) groups is 1. The van der Waals surface area contributed by atoms with Crippen LogP contribution in [0.15, 0.2) is 23.2 Å². The molecule has 0 radical (unpaired) electrons. The zero-order chi connectivity index (χ0) is 20.5. The summed E-state index contributed by atoms with van der Waals surface area (Å²) in [5, 5.41) is 7.45. The molecule has 0 unspecified atom stereocenters. The predicted octanol–water partition coefficient (Wildman–Crippen LogP) is 2.88. The summed E-state index contributed by atoms with van der Waals surface area (Å²) in [7, 11) is -5.16. The Labute approximate surface area is 156 Å². The van der Waals surface area contributed by atoms with Crippen LogP contribution in [0.2, 0.25) is 5.02 Å². The van der Waals surface area contributed by atoms with E-state index in [1.807, 2.05) is 0 Å². The van der Waals surface area contributed by atoms with Gasteiger partial charge in [-0.1, -0.05) is 17.7 Å². The van der Waals surface area contributed by atoms with E-state index in [0.717, 1.165) is 0 Å². The van der Waals surface area contributed by atoms with Gasteiger partial charge in [-0.2, -0.15) is 4.31 Å². The van der Waals surface area contributed by atoms with Gasteiger partial charge in [-0.3, -0.25) is 9.78 Å². The number of aromatic nitrogens is 1. The van der Waals surface area contributed by atoms with E-state index in [9.17, 15) is 30.8 Å². The van der Waals surface area contributed by atoms with Gasteiger partial charge in [0.25, 0.3) is 0 Å². The van der Waals surface area contributed by atoms with Gasteiger partial charge in [0.15, 0.2) is 23.3 Å². The largest absolute Gasteiger partial charge is 0.480 e. The van der Waals surface area contributed by atoms with Crippen molar-refractivity contribution >= 4 is 27.6 Å². The fourth-order valence-corrected chi connectivity index (χ4v) is 4.13. The molecule has 146 valence electrons. The number of sulfonamides is 1. The summed E-state index contributed by atoms with van der Waals surface area (Å²) in [5.74, 6) is -10.7. The van der Waals surface area contributed by atoms with Crippen LogP contribution in [-0.2, 0) is 21.4 Å². The minimum Gasteiger partial charge on any atom is -0.480 e. The third-order valence-corrected chi connectivity index (χ3v) is 5.85. The first kappa shape index (κ1) is 21.1. The maximum atomic E-state index is 14.1. The summed E-state index contributed by atoms with van der Waals surface area (Å²) < 4.78 is 80.1. The maximum Gasteiger partial charge on any atom is 0.318 e. The quantitative estimate of drug-likeness (QED) is 0.436. The Kier molecular flexibility index (Phi) is 6.07. The molecule has 12 heteroatoms. The van der Waals surface area contributed by atoms with E-state index in [0.29, 0.717) is 5.69 Å². The molecule has 0 amide bonds. The second-order valence-corrected chi connectivity index (χ2v) is 7.57. The highest BCUT2D eigenvalue weighted by molar-refractivity contribution is 7.89. The van der Waals surface area contributed by atoms with Crippen molar-refractivity contribution in [3.05, 3.63) is 57.9 Å². The van der Waals surface area contributed by atoms with Crippen LogP contribution in [0.1, 0.15) is 11.3 Å². The van der Waals surface area contributed by atoms with E-state index < -0.39 is 62.3 Å². The normalized spacial score (nSPS) is 11.8. The molecule has 1 aromatic carbocycles. The van der Waals surface area contributed by atoms with Gasteiger partial charge in [0, 0.05) is 18.4 Å². The lowest BCUT2D eigenvalue weighted by Gasteiger charge is -2.22. The number of halogens is 5. The van der Waals surface area contributed by atoms with E-state index in [1.165, 1.54) is 25.3 Å². The Hall–Kier alpha value is -2.24. The Morgan fingerprint density at radius 2 is 1.78 bits per heavy atom. The Morgan fingerprint density at radius 1 is 1.19 bits per heavy atom. The van der Waals surface area contributed by atoms with Gasteiger partial charge < -0.3 is 5.11 Å². The molecule has 0 aliphatic carbocycles. The Bertz CT molecular complexity index is 988. The van der Waals surface area contributed by atoms with Crippen LogP contribution in [0.25, 0.3) is 0 Å². The van der Waals surface area contributed by atoms with E-state index >= 15 is 0 Å². The average molecular weight is 427 g/mol. The molecule has 27 heavy (non-hydrogen) atoms. The lowest BCUT2D eigenvalue weighted by molar-refractivity contribution is -0.137. The lowest BCUT2D eigenvalue weighted by Crippen LogP contribution is -2.36. The van der Waals surface area contributed by atoms with E-state index in [-0.39, 0.29) is 9.87 Å². The molecule has 0 atom stereocenters. The molecular formula is C15H11ClF4N2O4S. The molecule has 0 spiro atoms. The van der Waals surface area contributed by atoms with Crippen molar-refractivity contribution in [2.24, 2.45) is 0 Å². The molecule has 1 aromatic heterocycles. The van der Waals surface area contributed by atoms with Crippen molar-refractivity contribution in [2.45, 2.75) is 18.4 Å². The molecule has 0 aliphatic rings. The molecule has 6 nitrogen and oxygen atoms in total. The van der Waals surface area contributed by atoms with Crippen molar-refractivity contribution in [1.82, 2.24) is 9.29 Å². The van der Waals surface area contributed by atoms with Crippen molar-refractivity contribution in [3.8, 4) is 0 Å². The third-order valence-electron chi connectivity index (χ3n) is 3.54. The summed E-state index contributed by atoms with van der Waals surface area (Å²) in [4.78, 5) is 13.3. The van der Waals surface area contributed by atoms with Gasteiger partial charge in [-0.25, -0.2) is 26.0 Å². The van der Waals surface area contributed by atoms with Crippen LogP contribution >= 0.6 is 11.6 Å². The van der Waals surface area contributed by atoms with Crippen molar-refractivity contribution in [2.75, 3.05) is 6.54 Å². The number of benzene rings is 1. The van der Waals surface area contributed by atoms with Crippen LogP contribution in [0.5, 0.6) is 0 Å². The van der Waals surface area contributed by atoms with E-state index in [1.54, 1.807) is 0 Å². The molecule has 0 fully saturated rings. The maximum absolute atomic E-state index is 14.1. The Balaban J connectivity index is 2.65. The highest BCUT2D eigenvalue weighted by atomic mass is 35.5. The zero-order valence-electron chi connectivity index (χ0n) is 13.5. The van der Waals surface area contributed by atoms with Crippen molar-refractivity contribution < 1.29 is 35.9 Å². The highest BCUT2D eigenvalue weighted by Gasteiger charge is 2.37. The summed E-state index contributed by atoms with van der Waals surface area (Å²) in [6.45, 7) is -0.274. The number of nitrogens with zero attached hydrogens (tertiary/aromatic N) is 2. The van der Waals surface area contributed by atoms with Gasteiger partial charge in [0.1, 0.15) is 16.5 Å². The number of carboxylic acids is 1. The van der Waals surface area contributed by atoms with Gasteiger partial charge in [-0.15, -0.1) is 0 Å². The fraction of sp³-hybridized carbons (Fsp3) is 0.200. The van der Waals surface area contributed by atoms with Gasteiger partial charge in [0.05, 0.1) is 0 Å². The fourth-order valence-electron chi connectivity index (χ4n) is 2.19. The SMILES string of the molecule is Cc1ncccc1CN(CC(=O)O)S(=O)(=O)c1c(F)c(F)c(F)c(F)c1Cl. The smallest absolute Gasteiger partial charge is 0.318 e. The first-order valence-corrected chi connectivity index (χ1v) is 8.94. The van der Waals surface area contributed by atoms with Crippen LogP contribution in [0.4, 0.5) is 17.6 Å². The average Bonchev–Trinajstić information content (AvgIpc) is 2.59. The number of pyridine rings is 1. The molecule has 0 bridgehead atoms. The molecule has 0 saturated carbocycles. The molecule has 1 N–H and O–H groups in total. The predicted molar refractivity (Wildman–Crippen MR) is 85.5 cm³/mol. The molecule has 0 saturated heterocycles. The standard InChI is InChI=1S/C15H11ClF4N2O4S/c1-7-8(3-2-4-21-7)5-22(6-9(23)24)27(25,26)15-10(16)11(17)12(18)13(19)14(15)20/h2-4H,5-6H2,1H3,(H,23,24). The monoisotopic (exact) mass is 426 g/mol. The number of carboxylic acid groups (broad SMARTS) is 1. The number of hydrogen-bond acceptors (Lipinski definition) is 4. The number of aryl methyl sites for hydroxylation is 1. The first-order chi connectivity index (χ1) is 12.5. The topological polar surface area (TPSA) is 87.6 Å². The number of rotatable bonds is 6. The minimum atomic E-state index is -5.16. The summed E-state index contributed by atoms with van der Waals surface area (Å²) in [6, 6.07) is 2.87. The lowest BCUT2D eigenvalue weighted by atomic mass is 10.2. The number of hydrogen-bond donors (Lipinski definition) is 1. The van der Waals surface area contributed by atoms with Crippen LogP contribution < -0.4 is 0 Å². The Morgan fingerprint density at radius 3 is 2.33 bits per heavy atom. The molecule has 2 rings (SSSR count). The number of aliphatic carboxylic acids is 1. The van der Waals surface area contributed by atoms with Crippen molar-refractivity contribution in [1.29, 1.82) is 0 Å². The van der Waals surface area contributed by atoms with Crippen LogP contribution in [0.3, 0.4) is 0 Å². The summed E-state index contributed by atoms with van der Waals surface area (Å²) in [5.41, 5.74) is 0.591. The highest BCUT2D eigenvalue weighted by Crippen LogP contribution is 2.34. The molecule has 1 heterocycles. The van der Waals surface area contributed by atoms with Crippen LogP contribution in [-0.4, -0.2) is 35.3 Å². The minimum absolute atomic E-state index is 0.237. The van der Waals surface area contributed by atoms with E-state index in [4.69, 9.17) is 16.7 Å². The second-order valence-electron chi connectivity index (χ2n) is 5.31. The zero-order valence-corrected chi connectivity index (χ0v) is 15.1. The van der Waals surface area contributed by atoms with Crippen LogP contribution in [0, 0.1) is 30.2 Å². The van der Waals surface area contributed by atoms with Gasteiger partial charge in [0.2, 0.25) is 10.0 Å². The second kappa shape index (κ2) is 7.79. The summed E-state index contributed by atoms with van der Waals surface area (Å²) in [6.07, 6.45) is 1.40. The van der Waals surface area contributed by atoms with Gasteiger partial charge >= 0.3 is 5.97 Å². The van der Waals surface area contributed by atoms with E-state index in [2.05, 4.69) is 4.98 Å². The third kappa shape index (κ3) is 4.04. The molecular weight excluding hydrogens is 416 g/mol. The molecule has 0 aliphatic heterocycles. The summed E-state index contributed by atoms with van der Waals surface area (Å²) >= 11 is 5.39. The first-order valence-electron chi connectivity index (χ1n) is 7.12. The van der Waals surface area contributed by atoms with Crippen molar-refractivity contribution in [3.63, 3.8) is 0 Å². The van der Waals surface area contributed by atoms with Gasteiger partial charge in [-0.05, 0) is 18.6 Å². The molecule has 2 aromatic rings.